The molecule has 1 aliphatic rings. The molecule has 1 aromatic rings. The molecule has 0 fully saturated rings. The van der Waals surface area contributed by atoms with E-state index in [1.807, 2.05) is 0 Å². The van der Waals surface area contributed by atoms with Crippen molar-refractivity contribution in [3.8, 4) is 0 Å². The zero-order valence-electron chi connectivity index (χ0n) is 9.57. The van der Waals surface area contributed by atoms with Crippen LogP contribution >= 0.6 is 0 Å². The number of aliphatic hydroxyl groups is 1. The molecule has 0 radical (unpaired) electrons. The Labute approximate surface area is 103 Å². The molecule has 5 heteroatoms. The zero-order chi connectivity index (χ0) is 13.1. The summed E-state index contributed by atoms with van der Waals surface area (Å²) in [5.74, 6) is -2.06. The largest absolute Gasteiger partial charge is 0.396 e. The maximum absolute atomic E-state index is 13.4. The maximum Gasteiger partial charge on any atom is 0.254 e. The molecule has 0 spiro atoms. The molecule has 0 saturated carbocycles. The van der Waals surface area contributed by atoms with Crippen LogP contribution in [0.15, 0.2) is 30.4 Å². The van der Waals surface area contributed by atoms with Gasteiger partial charge >= 0.3 is 0 Å². The smallest absolute Gasteiger partial charge is 0.254 e. The molecule has 3 nitrogen and oxygen atoms in total. The molecule has 18 heavy (non-hydrogen) atoms. The quantitative estimate of drug-likeness (QED) is 0.804. The Morgan fingerprint density at radius 3 is 2.83 bits per heavy atom. The predicted octanol–water partition coefficient (Wildman–Crippen LogP) is 1.63. The first-order valence-electron chi connectivity index (χ1n) is 5.65. The summed E-state index contributed by atoms with van der Waals surface area (Å²) >= 11 is 0. The van der Waals surface area contributed by atoms with Gasteiger partial charge < -0.3 is 10.4 Å². The van der Waals surface area contributed by atoms with Crippen LogP contribution in [0, 0.1) is 17.6 Å². The van der Waals surface area contributed by atoms with Gasteiger partial charge in [0.1, 0.15) is 11.6 Å². The number of benzene rings is 1. The van der Waals surface area contributed by atoms with E-state index in [2.05, 4.69) is 5.32 Å². The molecule has 0 heterocycles. The number of amides is 1. The van der Waals surface area contributed by atoms with E-state index in [0.717, 1.165) is 18.2 Å². The highest BCUT2D eigenvalue weighted by Gasteiger charge is 2.21. The third kappa shape index (κ3) is 2.73. The molecule has 1 aliphatic carbocycles. The van der Waals surface area contributed by atoms with Crippen LogP contribution in [0.5, 0.6) is 0 Å². The van der Waals surface area contributed by atoms with E-state index in [9.17, 15) is 13.6 Å². The van der Waals surface area contributed by atoms with Gasteiger partial charge in [-0.05, 0) is 24.6 Å². The Hall–Kier alpha value is -1.75. The average molecular weight is 253 g/mol. The van der Waals surface area contributed by atoms with Crippen molar-refractivity contribution in [2.45, 2.75) is 12.5 Å². The summed E-state index contributed by atoms with van der Waals surface area (Å²) in [7, 11) is 0. The van der Waals surface area contributed by atoms with Gasteiger partial charge in [0.15, 0.2) is 0 Å². The molecular formula is C13H13F2NO2. The Balaban J connectivity index is 2.04. The molecule has 96 valence electrons. The van der Waals surface area contributed by atoms with Gasteiger partial charge in [0, 0.05) is 18.6 Å². The number of halogens is 2. The molecule has 2 atom stereocenters. The van der Waals surface area contributed by atoms with Gasteiger partial charge in [0.2, 0.25) is 0 Å². The minimum Gasteiger partial charge on any atom is -0.396 e. The highest BCUT2D eigenvalue weighted by atomic mass is 19.1. The standard InChI is InChI=1S/C13H13F2NO2/c14-9-2-4-12(15)11(6-9)13(18)16-10-3-1-8(5-10)7-17/h1-4,6,8,10,17H,5,7H2,(H,16,18)/t8-,10+/m0/s1. The van der Waals surface area contributed by atoms with Crippen LogP contribution in [0.2, 0.25) is 0 Å². The lowest BCUT2D eigenvalue weighted by molar-refractivity contribution is 0.0936. The summed E-state index contributed by atoms with van der Waals surface area (Å²) in [6, 6.07) is 2.50. The third-order valence-electron chi connectivity index (χ3n) is 2.90. The molecular weight excluding hydrogens is 240 g/mol. The number of carbonyl (C=O) groups excluding carboxylic acids is 1. The first-order chi connectivity index (χ1) is 8.60. The molecule has 2 rings (SSSR count). The van der Waals surface area contributed by atoms with Crippen molar-refractivity contribution < 1.29 is 18.7 Å². The van der Waals surface area contributed by atoms with Gasteiger partial charge in [-0.1, -0.05) is 12.2 Å². The van der Waals surface area contributed by atoms with Crippen LogP contribution in [0.25, 0.3) is 0 Å². The van der Waals surface area contributed by atoms with Crippen LogP contribution < -0.4 is 5.32 Å². The fourth-order valence-electron chi connectivity index (χ4n) is 1.93. The monoisotopic (exact) mass is 253 g/mol. The zero-order valence-corrected chi connectivity index (χ0v) is 9.57. The molecule has 1 aromatic carbocycles. The SMILES string of the molecule is O=C(N[C@@H]1C=C[C@H](CO)C1)c1cc(F)ccc1F. The second kappa shape index (κ2) is 5.27. The first-order valence-corrected chi connectivity index (χ1v) is 5.65. The number of rotatable bonds is 3. The second-order valence-corrected chi connectivity index (χ2v) is 4.27. The third-order valence-corrected chi connectivity index (χ3v) is 2.90. The number of aliphatic hydroxyl groups excluding tert-OH is 1. The van der Waals surface area contributed by atoms with E-state index in [1.165, 1.54) is 0 Å². The van der Waals surface area contributed by atoms with Crippen molar-refractivity contribution >= 4 is 5.91 Å². The van der Waals surface area contributed by atoms with Gasteiger partial charge in [-0.15, -0.1) is 0 Å². The van der Waals surface area contributed by atoms with Gasteiger partial charge in [-0.3, -0.25) is 4.79 Å². The summed E-state index contributed by atoms with van der Waals surface area (Å²) in [4.78, 5) is 11.8. The fourth-order valence-corrected chi connectivity index (χ4v) is 1.93. The number of carbonyl (C=O) groups is 1. The second-order valence-electron chi connectivity index (χ2n) is 4.27. The predicted molar refractivity (Wildman–Crippen MR) is 61.9 cm³/mol. The summed E-state index contributed by atoms with van der Waals surface area (Å²) in [6.45, 7) is 0.0111. The van der Waals surface area contributed by atoms with Crippen LogP contribution in [0.1, 0.15) is 16.8 Å². The Morgan fingerprint density at radius 2 is 2.17 bits per heavy atom. The summed E-state index contributed by atoms with van der Waals surface area (Å²) in [5.41, 5.74) is -0.309. The molecule has 0 bridgehead atoms. The molecule has 1 amide bonds. The van der Waals surface area contributed by atoms with E-state index in [0.29, 0.717) is 6.42 Å². The van der Waals surface area contributed by atoms with Crippen molar-refractivity contribution in [3.63, 3.8) is 0 Å². The van der Waals surface area contributed by atoms with Crippen LogP contribution in [-0.2, 0) is 0 Å². The Kier molecular flexibility index (Phi) is 3.72. The van der Waals surface area contributed by atoms with Crippen molar-refractivity contribution in [1.29, 1.82) is 0 Å². The minimum atomic E-state index is -0.755. The van der Waals surface area contributed by atoms with Crippen LogP contribution in [-0.4, -0.2) is 23.7 Å². The lowest BCUT2D eigenvalue weighted by Crippen LogP contribution is -2.33. The van der Waals surface area contributed by atoms with Crippen molar-refractivity contribution in [2.75, 3.05) is 6.61 Å². The van der Waals surface area contributed by atoms with Crippen molar-refractivity contribution in [2.24, 2.45) is 5.92 Å². The highest BCUT2D eigenvalue weighted by Crippen LogP contribution is 2.18. The van der Waals surface area contributed by atoms with Crippen molar-refractivity contribution in [3.05, 3.63) is 47.5 Å². The van der Waals surface area contributed by atoms with Gasteiger partial charge in [0.05, 0.1) is 5.56 Å². The normalized spacial score (nSPS) is 22.2. The Bertz CT molecular complexity index is 488. The van der Waals surface area contributed by atoms with Gasteiger partial charge in [0.25, 0.3) is 5.91 Å². The first kappa shape index (κ1) is 12.7. The molecule has 2 N–H and O–H groups in total. The number of hydrogen-bond donors (Lipinski definition) is 2. The van der Waals surface area contributed by atoms with E-state index in [1.54, 1.807) is 12.2 Å². The van der Waals surface area contributed by atoms with E-state index in [-0.39, 0.29) is 24.1 Å². The lowest BCUT2D eigenvalue weighted by Gasteiger charge is -2.13. The summed E-state index contributed by atoms with van der Waals surface area (Å²) in [5, 5.41) is 11.5. The number of nitrogens with one attached hydrogen (secondary N) is 1. The van der Waals surface area contributed by atoms with Gasteiger partial charge in [-0.2, -0.15) is 0 Å². The van der Waals surface area contributed by atoms with E-state index in [4.69, 9.17) is 5.11 Å². The lowest BCUT2D eigenvalue weighted by atomic mass is 10.1. The highest BCUT2D eigenvalue weighted by molar-refractivity contribution is 5.94. The minimum absolute atomic E-state index is 0.00709. The molecule has 0 aromatic heterocycles. The topological polar surface area (TPSA) is 49.3 Å². The average Bonchev–Trinajstić information content (AvgIpc) is 2.80. The molecule has 0 unspecified atom stereocenters. The summed E-state index contributed by atoms with van der Waals surface area (Å²) in [6.07, 6.45) is 4.11. The summed E-state index contributed by atoms with van der Waals surface area (Å²) < 4.78 is 26.3. The molecule has 0 saturated heterocycles. The van der Waals surface area contributed by atoms with E-state index < -0.39 is 17.5 Å². The Morgan fingerprint density at radius 1 is 1.39 bits per heavy atom. The van der Waals surface area contributed by atoms with Gasteiger partial charge in [-0.25, -0.2) is 8.78 Å². The van der Waals surface area contributed by atoms with E-state index >= 15 is 0 Å². The molecule has 0 aliphatic heterocycles. The van der Waals surface area contributed by atoms with Crippen LogP contribution in [0.4, 0.5) is 8.78 Å². The number of hydrogen-bond acceptors (Lipinski definition) is 2. The fraction of sp³-hybridized carbons (Fsp3) is 0.308. The van der Waals surface area contributed by atoms with Crippen molar-refractivity contribution in [1.82, 2.24) is 5.32 Å². The van der Waals surface area contributed by atoms with Crippen LogP contribution in [0.3, 0.4) is 0 Å². The maximum atomic E-state index is 13.4.